The van der Waals surface area contributed by atoms with Crippen molar-refractivity contribution in [1.29, 1.82) is 0 Å². The Hall–Kier alpha value is -2.47. The molecule has 0 aliphatic carbocycles. The molecule has 2 aromatic rings. The molecule has 1 fully saturated rings. The van der Waals surface area contributed by atoms with Crippen molar-refractivity contribution in [2.75, 3.05) is 31.2 Å². The first-order chi connectivity index (χ1) is 11.7. The molecule has 0 spiro atoms. The lowest BCUT2D eigenvalue weighted by Gasteiger charge is -2.29. The summed E-state index contributed by atoms with van der Waals surface area (Å²) in [5, 5.41) is 2.85. The molecule has 0 atom stereocenters. The zero-order valence-corrected chi connectivity index (χ0v) is 13.4. The van der Waals surface area contributed by atoms with Crippen LogP contribution >= 0.6 is 0 Å². The molecule has 1 N–H and O–H groups in total. The summed E-state index contributed by atoms with van der Waals surface area (Å²) < 4.78 is 19.0. The predicted molar refractivity (Wildman–Crippen MR) is 89.2 cm³/mol. The number of halogens is 1. The van der Waals surface area contributed by atoms with Crippen molar-refractivity contribution in [3.63, 3.8) is 0 Å². The van der Waals surface area contributed by atoms with Crippen LogP contribution in [-0.2, 0) is 22.5 Å². The highest BCUT2D eigenvalue weighted by Gasteiger charge is 2.16. The lowest BCUT2D eigenvalue weighted by molar-refractivity contribution is -0.120. The topological polar surface area (TPSA) is 54.5 Å². The van der Waals surface area contributed by atoms with Crippen molar-refractivity contribution in [2.45, 2.75) is 13.0 Å². The molecule has 1 aliphatic heterocycles. The molecule has 5 nitrogen and oxygen atoms in total. The fourth-order valence-electron chi connectivity index (χ4n) is 2.70. The van der Waals surface area contributed by atoms with E-state index in [1.807, 2.05) is 12.1 Å². The number of hydrogen-bond acceptors (Lipinski definition) is 4. The van der Waals surface area contributed by atoms with Gasteiger partial charge < -0.3 is 15.0 Å². The molecule has 1 amide bonds. The minimum atomic E-state index is -0.358. The van der Waals surface area contributed by atoms with Gasteiger partial charge in [-0.3, -0.25) is 4.79 Å². The van der Waals surface area contributed by atoms with Gasteiger partial charge in [0.05, 0.1) is 19.6 Å². The first-order valence-electron chi connectivity index (χ1n) is 8.01. The minimum Gasteiger partial charge on any atom is -0.378 e. The fraction of sp³-hybridized carbons (Fsp3) is 0.333. The smallest absolute Gasteiger partial charge is 0.224 e. The van der Waals surface area contributed by atoms with Gasteiger partial charge in [0.2, 0.25) is 5.91 Å². The van der Waals surface area contributed by atoms with Gasteiger partial charge in [-0.1, -0.05) is 24.3 Å². The monoisotopic (exact) mass is 329 g/mol. The normalized spacial score (nSPS) is 14.5. The summed E-state index contributed by atoms with van der Waals surface area (Å²) in [5.74, 6) is 0.298. The van der Waals surface area contributed by atoms with Gasteiger partial charge in [-0.05, 0) is 17.7 Å². The number of morpholine rings is 1. The van der Waals surface area contributed by atoms with Crippen molar-refractivity contribution < 1.29 is 13.9 Å². The number of carbonyl (C=O) groups is 1. The van der Waals surface area contributed by atoms with E-state index < -0.39 is 0 Å². The van der Waals surface area contributed by atoms with Crippen LogP contribution in [0.4, 0.5) is 10.2 Å². The van der Waals surface area contributed by atoms with Gasteiger partial charge >= 0.3 is 0 Å². The van der Waals surface area contributed by atoms with Crippen LogP contribution in [0.3, 0.4) is 0 Å². The van der Waals surface area contributed by atoms with Crippen LogP contribution in [0.25, 0.3) is 0 Å². The van der Waals surface area contributed by atoms with Crippen LogP contribution in [-0.4, -0.2) is 37.2 Å². The molecule has 0 radical (unpaired) electrons. The number of nitrogens with one attached hydrogen (secondary N) is 1. The maximum absolute atomic E-state index is 13.6. The number of rotatable bonds is 5. The molecule has 1 aromatic heterocycles. The average Bonchev–Trinajstić information content (AvgIpc) is 2.63. The van der Waals surface area contributed by atoms with Crippen LogP contribution in [0.5, 0.6) is 0 Å². The number of aromatic nitrogens is 1. The molecule has 1 saturated heterocycles. The zero-order valence-electron chi connectivity index (χ0n) is 13.4. The van der Waals surface area contributed by atoms with Gasteiger partial charge in [-0.25, -0.2) is 9.37 Å². The van der Waals surface area contributed by atoms with E-state index in [1.54, 1.807) is 24.4 Å². The summed E-state index contributed by atoms with van der Waals surface area (Å²) in [5.41, 5.74) is 1.34. The summed E-state index contributed by atoms with van der Waals surface area (Å²) in [6.45, 7) is 3.29. The highest BCUT2D eigenvalue weighted by atomic mass is 19.1. The number of nitrogens with zero attached hydrogens (tertiary/aromatic N) is 2. The average molecular weight is 329 g/mol. The molecule has 24 heavy (non-hydrogen) atoms. The molecule has 0 bridgehead atoms. The molecular weight excluding hydrogens is 309 g/mol. The number of ether oxygens (including phenoxy) is 1. The number of hydrogen-bond donors (Lipinski definition) is 1. The number of amides is 1. The van der Waals surface area contributed by atoms with Crippen LogP contribution in [0.15, 0.2) is 42.6 Å². The molecule has 0 unspecified atom stereocenters. The van der Waals surface area contributed by atoms with Gasteiger partial charge in [-0.2, -0.15) is 0 Å². The highest BCUT2D eigenvalue weighted by molar-refractivity contribution is 5.78. The molecule has 1 aliphatic rings. The number of pyridine rings is 1. The Morgan fingerprint density at radius 3 is 2.71 bits per heavy atom. The maximum Gasteiger partial charge on any atom is 0.224 e. The Bertz CT molecular complexity index is 702. The molecule has 2 heterocycles. The third kappa shape index (κ3) is 4.08. The fourth-order valence-corrected chi connectivity index (χ4v) is 2.70. The third-order valence-corrected chi connectivity index (χ3v) is 3.96. The summed E-state index contributed by atoms with van der Waals surface area (Å²) in [6, 6.07) is 10.1. The second-order valence-corrected chi connectivity index (χ2v) is 5.63. The predicted octanol–water partition coefficient (Wildman–Crippen LogP) is 1.92. The largest absolute Gasteiger partial charge is 0.378 e. The number of anilines is 1. The van der Waals surface area contributed by atoms with Crippen LogP contribution in [0, 0.1) is 5.82 Å². The SMILES string of the molecule is O=C(Cc1ccccc1F)NCc1cccnc1N1CCOCC1. The van der Waals surface area contributed by atoms with Gasteiger partial charge in [-0.15, -0.1) is 0 Å². The molecule has 1 aromatic carbocycles. The second-order valence-electron chi connectivity index (χ2n) is 5.63. The Morgan fingerprint density at radius 1 is 1.17 bits per heavy atom. The third-order valence-electron chi connectivity index (χ3n) is 3.96. The van der Waals surface area contributed by atoms with Crippen molar-refractivity contribution in [3.8, 4) is 0 Å². The Kier molecular flexibility index (Phi) is 5.38. The Morgan fingerprint density at radius 2 is 1.92 bits per heavy atom. The van der Waals surface area contributed by atoms with E-state index in [4.69, 9.17) is 4.74 Å². The van der Waals surface area contributed by atoms with E-state index in [-0.39, 0.29) is 18.1 Å². The van der Waals surface area contributed by atoms with E-state index in [2.05, 4.69) is 15.2 Å². The van der Waals surface area contributed by atoms with E-state index in [0.717, 1.165) is 24.5 Å². The molecule has 126 valence electrons. The van der Waals surface area contributed by atoms with E-state index >= 15 is 0 Å². The van der Waals surface area contributed by atoms with E-state index in [0.29, 0.717) is 25.3 Å². The quantitative estimate of drug-likeness (QED) is 0.910. The number of benzene rings is 1. The van der Waals surface area contributed by atoms with E-state index in [1.165, 1.54) is 6.07 Å². The van der Waals surface area contributed by atoms with E-state index in [9.17, 15) is 9.18 Å². The van der Waals surface area contributed by atoms with Crippen LogP contribution < -0.4 is 10.2 Å². The van der Waals surface area contributed by atoms with Gasteiger partial charge in [0.1, 0.15) is 11.6 Å². The summed E-state index contributed by atoms with van der Waals surface area (Å²) >= 11 is 0. The number of carbonyl (C=O) groups excluding carboxylic acids is 1. The van der Waals surface area contributed by atoms with Crippen molar-refractivity contribution in [2.24, 2.45) is 0 Å². The Balaban J connectivity index is 1.62. The molecule has 0 saturated carbocycles. The van der Waals surface area contributed by atoms with Gasteiger partial charge in [0.25, 0.3) is 0 Å². The summed E-state index contributed by atoms with van der Waals surface area (Å²) in [6.07, 6.45) is 1.77. The van der Waals surface area contributed by atoms with Gasteiger partial charge in [0.15, 0.2) is 0 Å². The lowest BCUT2D eigenvalue weighted by Crippen LogP contribution is -2.38. The standard InChI is InChI=1S/C18H20FN3O2/c19-16-6-2-1-4-14(16)12-17(23)21-13-15-5-3-7-20-18(15)22-8-10-24-11-9-22/h1-7H,8-13H2,(H,21,23). The summed E-state index contributed by atoms with van der Waals surface area (Å²) in [4.78, 5) is 18.7. The Labute approximate surface area is 140 Å². The molecular formula is C18H20FN3O2. The summed E-state index contributed by atoms with van der Waals surface area (Å²) in [7, 11) is 0. The van der Waals surface area contributed by atoms with Crippen molar-refractivity contribution in [1.82, 2.24) is 10.3 Å². The first kappa shape index (κ1) is 16.4. The highest BCUT2D eigenvalue weighted by Crippen LogP contribution is 2.18. The molecule has 3 rings (SSSR count). The maximum atomic E-state index is 13.6. The zero-order chi connectivity index (χ0) is 16.8. The minimum absolute atomic E-state index is 0.0276. The van der Waals surface area contributed by atoms with Gasteiger partial charge in [0, 0.05) is 31.4 Å². The van der Waals surface area contributed by atoms with Crippen LogP contribution in [0.1, 0.15) is 11.1 Å². The van der Waals surface area contributed by atoms with Crippen LogP contribution in [0.2, 0.25) is 0 Å². The lowest BCUT2D eigenvalue weighted by atomic mass is 10.1. The second kappa shape index (κ2) is 7.88. The molecule has 6 heteroatoms. The van der Waals surface area contributed by atoms with Crippen molar-refractivity contribution in [3.05, 3.63) is 59.5 Å². The van der Waals surface area contributed by atoms with Crippen molar-refractivity contribution >= 4 is 11.7 Å². The first-order valence-corrected chi connectivity index (χ1v) is 8.01.